The average Bonchev–Trinajstić information content (AvgIpc) is 2.59. The first kappa shape index (κ1) is 12.4. The van der Waals surface area contributed by atoms with Gasteiger partial charge in [-0.1, -0.05) is 17.7 Å². The van der Waals surface area contributed by atoms with Gasteiger partial charge in [0.05, 0.1) is 10.2 Å². The lowest BCUT2D eigenvalue weighted by Crippen LogP contribution is -1.98. The minimum Gasteiger partial charge on any atom is -0.268 e. The predicted molar refractivity (Wildman–Crippen MR) is 75.2 cm³/mol. The van der Waals surface area contributed by atoms with Crippen molar-refractivity contribution in [3.8, 4) is 11.3 Å². The van der Waals surface area contributed by atoms with Crippen LogP contribution in [0.2, 0.25) is 0 Å². The van der Waals surface area contributed by atoms with Gasteiger partial charge in [0.15, 0.2) is 0 Å². The monoisotopic (exact) mass is 292 g/mol. The van der Waals surface area contributed by atoms with Crippen LogP contribution in [0.25, 0.3) is 11.3 Å². The Morgan fingerprint density at radius 1 is 1.24 bits per heavy atom. The average molecular weight is 293 g/mol. The number of aryl methyl sites for hydroxylation is 3. The molecule has 2 aromatic rings. The minimum absolute atomic E-state index is 0.898. The summed E-state index contributed by atoms with van der Waals surface area (Å²) in [7, 11) is 0. The lowest BCUT2D eigenvalue weighted by Gasteiger charge is -2.04. The normalized spacial score (nSPS) is 10.9. The van der Waals surface area contributed by atoms with Gasteiger partial charge >= 0.3 is 0 Å². The summed E-state index contributed by atoms with van der Waals surface area (Å²) in [5.41, 5.74) is 5.97. The highest BCUT2D eigenvalue weighted by molar-refractivity contribution is 9.10. The first-order valence-electron chi connectivity index (χ1n) is 5.85. The van der Waals surface area contributed by atoms with Crippen LogP contribution in [0.3, 0.4) is 0 Å². The standard InChI is InChI=1S/C14H17BrN2/c1-5-17-11(4)13(15)14(16-17)12-8-9(2)6-7-10(12)3/h6-8H,5H2,1-4H3. The largest absolute Gasteiger partial charge is 0.268 e. The fourth-order valence-corrected chi connectivity index (χ4v) is 2.49. The number of nitrogens with zero attached hydrogens (tertiary/aromatic N) is 2. The van der Waals surface area contributed by atoms with Crippen LogP contribution < -0.4 is 0 Å². The maximum atomic E-state index is 4.67. The molecule has 0 aliphatic rings. The molecule has 0 bridgehead atoms. The molecule has 0 aliphatic carbocycles. The second kappa shape index (κ2) is 4.65. The Bertz CT molecular complexity index is 556. The second-order valence-corrected chi connectivity index (χ2v) is 5.18. The predicted octanol–water partition coefficient (Wildman–Crippen LogP) is 4.26. The molecular weight excluding hydrogens is 276 g/mol. The highest BCUT2D eigenvalue weighted by atomic mass is 79.9. The fraction of sp³-hybridized carbons (Fsp3) is 0.357. The van der Waals surface area contributed by atoms with Crippen LogP contribution in [0.4, 0.5) is 0 Å². The summed E-state index contributed by atoms with van der Waals surface area (Å²) < 4.78 is 3.13. The van der Waals surface area contributed by atoms with Gasteiger partial charge in [0.2, 0.25) is 0 Å². The maximum Gasteiger partial charge on any atom is 0.107 e. The molecule has 0 N–H and O–H groups in total. The zero-order valence-corrected chi connectivity index (χ0v) is 12.3. The molecule has 0 fully saturated rings. The fourth-order valence-electron chi connectivity index (χ4n) is 2.00. The minimum atomic E-state index is 0.898. The summed E-state index contributed by atoms with van der Waals surface area (Å²) in [5.74, 6) is 0. The number of rotatable bonds is 2. The Morgan fingerprint density at radius 3 is 2.53 bits per heavy atom. The van der Waals surface area contributed by atoms with Gasteiger partial charge in [-0.25, -0.2) is 0 Å². The molecule has 90 valence electrons. The van der Waals surface area contributed by atoms with Crippen LogP contribution in [-0.2, 0) is 6.54 Å². The van der Waals surface area contributed by atoms with Crippen molar-refractivity contribution in [3.05, 3.63) is 39.5 Å². The first-order chi connectivity index (χ1) is 8.04. The SMILES string of the molecule is CCn1nc(-c2cc(C)ccc2C)c(Br)c1C. The van der Waals surface area contributed by atoms with E-state index in [1.807, 2.05) is 4.68 Å². The van der Waals surface area contributed by atoms with Crippen LogP contribution >= 0.6 is 15.9 Å². The van der Waals surface area contributed by atoms with Crippen molar-refractivity contribution >= 4 is 15.9 Å². The molecule has 0 atom stereocenters. The summed E-state index contributed by atoms with van der Waals surface area (Å²) >= 11 is 3.65. The van der Waals surface area contributed by atoms with E-state index in [0.29, 0.717) is 0 Å². The molecular formula is C14H17BrN2. The molecule has 0 spiro atoms. The number of hydrogen-bond donors (Lipinski definition) is 0. The number of halogens is 1. The van der Waals surface area contributed by atoms with Gasteiger partial charge in [0.25, 0.3) is 0 Å². The Morgan fingerprint density at radius 2 is 1.94 bits per heavy atom. The molecule has 1 aromatic carbocycles. The van der Waals surface area contributed by atoms with Crippen LogP contribution in [0.5, 0.6) is 0 Å². The van der Waals surface area contributed by atoms with Gasteiger partial charge in [-0.05, 0) is 55.3 Å². The first-order valence-corrected chi connectivity index (χ1v) is 6.64. The number of aromatic nitrogens is 2. The molecule has 3 heteroatoms. The summed E-state index contributed by atoms with van der Waals surface area (Å²) in [6.45, 7) is 9.34. The zero-order chi connectivity index (χ0) is 12.6. The molecule has 0 aliphatic heterocycles. The van der Waals surface area contributed by atoms with Crippen molar-refractivity contribution < 1.29 is 0 Å². The summed E-state index contributed by atoms with van der Waals surface area (Å²) in [6, 6.07) is 6.48. The van der Waals surface area contributed by atoms with E-state index in [1.54, 1.807) is 0 Å². The van der Waals surface area contributed by atoms with E-state index >= 15 is 0 Å². The topological polar surface area (TPSA) is 17.8 Å². The Hall–Kier alpha value is -1.09. The molecule has 2 rings (SSSR count). The quantitative estimate of drug-likeness (QED) is 0.809. The van der Waals surface area contributed by atoms with E-state index in [0.717, 1.165) is 16.7 Å². The van der Waals surface area contributed by atoms with Crippen molar-refractivity contribution in [3.63, 3.8) is 0 Å². The van der Waals surface area contributed by atoms with Crippen LogP contribution in [0.1, 0.15) is 23.7 Å². The van der Waals surface area contributed by atoms with E-state index in [9.17, 15) is 0 Å². The third kappa shape index (κ3) is 2.16. The highest BCUT2D eigenvalue weighted by Crippen LogP contribution is 2.32. The molecule has 0 radical (unpaired) electrons. The molecule has 1 heterocycles. The Balaban J connectivity index is 2.64. The lowest BCUT2D eigenvalue weighted by atomic mass is 10.0. The van der Waals surface area contributed by atoms with E-state index in [1.165, 1.54) is 22.4 Å². The van der Waals surface area contributed by atoms with Crippen LogP contribution in [0, 0.1) is 20.8 Å². The smallest absolute Gasteiger partial charge is 0.107 e. The van der Waals surface area contributed by atoms with Gasteiger partial charge in [-0.3, -0.25) is 4.68 Å². The highest BCUT2D eigenvalue weighted by Gasteiger charge is 2.14. The molecule has 17 heavy (non-hydrogen) atoms. The zero-order valence-electron chi connectivity index (χ0n) is 10.7. The van der Waals surface area contributed by atoms with Crippen molar-refractivity contribution in [2.75, 3.05) is 0 Å². The van der Waals surface area contributed by atoms with E-state index in [4.69, 9.17) is 0 Å². The number of benzene rings is 1. The van der Waals surface area contributed by atoms with Gasteiger partial charge in [0, 0.05) is 12.1 Å². The Kier molecular flexibility index (Phi) is 3.38. The number of hydrogen-bond acceptors (Lipinski definition) is 1. The van der Waals surface area contributed by atoms with Crippen molar-refractivity contribution in [2.24, 2.45) is 0 Å². The molecule has 0 saturated heterocycles. The summed E-state index contributed by atoms with van der Waals surface area (Å²) in [4.78, 5) is 0. The summed E-state index contributed by atoms with van der Waals surface area (Å²) in [6.07, 6.45) is 0. The molecule has 2 nitrogen and oxygen atoms in total. The molecule has 1 aromatic heterocycles. The molecule has 0 unspecified atom stereocenters. The van der Waals surface area contributed by atoms with Gasteiger partial charge in [-0.2, -0.15) is 5.10 Å². The van der Waals surface area contributed by atoms with Crippen LogP contribution in [0.15, 0.2) is 22.7 Å². The van der Waals surface area contributed by atoms with Crippen molar-refractivity contribution in [1.29, 1.82) is 0 Å². The van der Waals surface area contributed by atoms with Gasteiger partial charge in [-0.15, -0.1) is 0 Å². The van der Waals surface area contributed by atoms with Crippen molar-refractivity contribution in [2.45, 2.75) is 34.2 Å². The second-order valence-electron chi connectivity index (χ2n) is 4.38. The van der Waals surface area contributed by atoms with E-state index < -0.39 is 0 Å². The summed E-state index contributed by atoms with van der Waals surface area (Å²) in [5, 5.41) is 4.67. The van der Waals surface area contributed by atoms with Crippen LogP contribution in [-0.4, -0.2) is 9.78 Å². The van der Waals surface area contributed by atoms with E-state index in [-0.39, 0.29) is 0 Å². The van der Waals surface area contributed by atoms with E-state index in [2.05, 4.69) is 66.9 Å². The molecule has 0 amide bonds. The van der Waals surface area contributed by atoms with Gasteiger partial charge < -0.3 is 0 Å². The molecule has 0 saturated carbocycles. The van der Waals surface area contributed by atoms with Gasteiger partial charge in [0.1, 0.15) is 5.69 Å². The maximum absolute atomic E-state index is 4.67. The lowest BCUT2D eigenvalue weighted by molar-refractivity contribution is 0.641. The third-order valence-electron chi connectivity index (χ3n) is 3.08. The third-order valence-corrected chi connectivity index (χ3v) is 4.03. The Labute approximate surface area is 111 Å². The van der Waals surface area contributed by atoms with Crippen molar-refractivity contribution in [1.82, 2.24) is 9.78 Å².